The van der Waals surface area contributed by atoms with Crippen molar-refractivity contribution >= 4 is 11.6 Å². The second kappa shape index (κ2) is 8.16. The maximum absolute atomic E-state index is 6.35. The zero-order valence-corrected chi connectivity index (χ0v) is 13.5. The first kappa shape index (κ1) is 16.0. The average molecular weight is 303 g/mol. The van der Waals surface area contributed by atoms with Gasteiger partial charge in [-0.2, -0.15) is 0 Å². The Morgan fingerprint density at radius 3 is 2.76 bits per heavy atom. The van der Waals surface area contributed by atoms with E-state index in [1.54, 1.807) is 0 Å². The van der Waals surface area contributed by atoms with Crippen molar-refractivity contribution in [2.45, 2.75) is 39.2 Å². The number of aryl methyl sites for hydroxylation is 2. The van der Waals surface area contributed by atoms with Crippen molar-refractivity contribution in [3.8, 4) is 0 Å². The van der Waals surface area contributed by atoms with E-state index in [1.165, 1.54) is 11.1 Å². The highest BCUT2D eigenvalue weighted by Crippen LogP contribution is 2.20. The lowest BCUT2D eigenvalue weighted by molar-refractivity contribution is 0.489. The quantitative estimate of drug-likeness (QED) is 0.829. The summed E-state index contributed by atoms with van der Waals surface area (Å²) in [4.78, 5) is 4.39. The second-order valence-electron chi connectivity index (χ2n) is 5.41. The number of pyridine rings is 1. The summed E-state index contributed by atoms with van der Waals surface area (Å²) < 4.78 is 0. The molecule has 1 aromatic carbocycles. The number of nitrogens with one attached hydrogen (secondary N) is 1. The van der Waals surface area contributed by atoms with Crippen LogP contribution in [0.4, 0.5) is 0 Å². The predicted molar refractivity (Wildman–Crippen MR) is 89.9 cm³/mol. The monoisotopic (exact) mass is 302 g/mol. The molecule has 0 fully saturated rings. The second-order valence-corrected chi connectivity index (χ2v) is 5.82. The molecule has 2 rings (SSSR count). The van der Waals surface area contributed by atoms with Gasteiger partial charge in [0.05, 0.1) is 0 Å². The Morgan fingerprint density at radius 1 is 1.24 bits per heavy atom. The molecule has 0 aliphatic carbocycles. The van der Waals surface area contributed by atoms with Gasteiger partial charge in [-0.15, -0.1) is 0 Å². The van der Waals surface area contributed by atoms with Crippen LogP contribution in [0.1, 0.15) is 30.2 Å². The van der Waals surface area contributed by atoms with Crippen LogP contribution < -0.4 is 5.32 Å². The minimum Gasteiger partial charge on any atom is -0.314 e. The van der Waals surface area contributed by atoms with E-state index in [-0.39, 0.29) is 0 Å². The number of hydrogen-bond donors (Lipinski definition) is 1. The molecule has 1 heterocycles. The van der Waals surface area contributed by atoms with Crippen LogP contribution in [0.15, 0.2) is 42.6 Å². The van der Waals surface area contributed by atoms with Crippen LogP contribution in [0, 0.1) is 6.92 Å². The molecular formula is C18H23ClN2. The van der Waals surface area contributed by atoms with E-state index in [0.717, 1.165) is 36.5 Å². The minimum atomic E-state index is 0.428. The third-order valence-electron chi connectivity index (χ3n) is 3.64. The predicted octanol–water partition coefficient (Wildman–Crippen LogP) is 4.20. The van der Waals surface area contributed by atoms with Gasteiger partial charge in [0.25, 0.3) is 0 Å². The van der Waals surface area contributed by atoms with E-state index in [9.17, 15) is 0 Å². The molecule has 2 aromatic rings. The largest absolute Gasteiger partial charge is 0.314 e. The number of halogens is 1. The first-order chi connectivity index (χ1) is 10.2. The summed E-state index contributed by atoms with van der Waals surface area (Å²) in [6, 6.07) is 12.8. The molecule has 0 saturated carbocycles. The van der Waals surface area contributed by atoms with Crippen LogP contribution in [0.2, 0.25) is 5.02 Å². The van der Waals surface area contributed by atoms with Crippen molar-refractivity contribution in [3.05, 3.63) is 64.4 Å². The molecular weight excluding hydrogens is 280 g/mol. The Labute approximate surface area is 132 Å². The van der Waals surface area contributed by atoms with Gasteiger partial charge in [0.1, 0.15) is 0 Å². The zero-order chi connectivity index (χ0) is 15.1. The highest BCUT2D eigenvalue weighted by molar-refractivity contribution is 6.31. The molecule has 21 heavy (non-hydrogen) atoms. The summed E-state index contributed by atoms with van der Waals surface area (Å²) in [7, 11) is 0. The molecule has 0 spiro atoms. The third kappa shape index (κ3) is 5.14. The zero-order valence-electron chi connectivity index (χ0n) is 12.8. The van der Waals surface area contributed by atoms with Gasteiger partial charge in [0.15, 0.2) is 0 Å². The lowest BCUT2D eigenvalue weighted by Crippen LogP contribution is -2.31. The van der Waals surface area contributed by atoms with Gasteiger partial charge in [0, 0.05) is 23.0 Å². The van der Waals surface area contributed by atoms with Gasteiger partial charge in [-0.25, -0.2) is 0 Å². The Balaban J connectivity index is 1.98. The number of aromatic nitrogens is 1. The van der Waals surface area contributed by atoms with Crippen molar-refractivity contribution in [2.75, 3.05) is 6.54 Å². The van der Waals surface area contributed by atoms with Crippen molar-refractivity contribution in [1.29, 1.82) is 0 Å². The van der Waals surface area contributed by atoms with E-state index in [1.807, 2.05) is 24.4 Å². The molecule has 1 N–H and O–H groups in total. The molecule has 0 aliphatic heterocycles. The van der Waals surface area contributed by atoms with E-state index in [4.69, 9.17) is 11.6 Å². The van der Waals surface area contributed by atoms with Crippen LogP contribution in [0.3, 0.4) is 0 Å². The Bertz CT molecular complexity index is 554. The molecule has 2 nitrogen and oxygen atoms in total. The van der Waals surface area contributed by atoms with E-state index >= 15 is 0 Å². The Morgan fingerprint density at radius 2 is 2.10 bits per heavy atom. The fourth-order valence-electron chi connectivity index (χ4n) is 2.52. The molecule has 0 saturated heterocycles. The Hall–Kier alpha value is -1.38. The molecule has 0 bridgehead atoms. The van der Waals surface area contributed by atoms with E-state index < -0.39 is 0 Å². The highest BCUT2D eigenvalue weighted by Gasteiger charge is 2.11. The first-order valence-electron chi connectivity index (χ1n) is 7.57. The number of rotatable bonds is 7. The van der Waals surface area contributed by atoms with E-state index in [2.05, 4.69) is 42.3 Å². The summed E-state index contributed by atoms with van der Waals surface area (Å²) >= 11 is 6.35. The molecule has 112 valence electrons. The maximum Gasteiger partial charge on any atom is 0.0441 e. The van der Waals surface area contributed by atoms with Gasteiger partial charge in [0.2, 0.25) is 0 Å². The summed E-state index contributed by atoms with van der Waals surface area (Å²) in [6.07, 6.45) is 4.87. The van der Waals surface area contributed by atoms with Gasteiger partial charge < -0.3 is 5.32 Å². The third-order valence-corrected chi connectivity index (χ3v) is 3.99. The van der Waals surface area contributed by atoms with E-state index in [0.29, 0.717) is 6.04 Å². The molecule has 0 aliphatic rings. The maximum atomic E-state index is 6.35. The lowest BCUT2D eigenvalue weighted by atomic mass is 9.99. The fourth-order valence-corrected chi connectivity index (χ4v) is 2.83. The van der Waals surface area contributed by atoms with Crippen molar-refractivity contribution < 1.29 is 0 Å². The molecule has 3 heteroatoms. The molecule has 1 unspecified atom stereocenters. The van der Waals surface area contributed by atoms with Crippen LogP contribution in [0.5, 0.6) is 0 Å². The minimum absolute atomic E-state index is 0.428. The van der Waals surface area contributed by atoms with Crippen LogP contribution >= 0.6 is 11.6 Å². The van der Waals surface area contributed by atoms with Gasteiger partial charge >= 0.3 is 0 Å². The lowest BCUT2D eigenvalue weighted by Gasteiger charge is -2.18. The van der Waals surface area contributed by atoms with Gasteiger partial charge in [-0.3, -0.25) is 4.98 Å². The molecule has 1 atom stereocenters. The summed E-state index contributed by atoms with van der Waals surface area (Å²) in [5, 5.41) is 4.43. The average Bonchev–Trinajstić information content (AvgIpc) is 2.49. The van der Waals surface area contributed by atoms with Crippen LogP contribution in [0.25, 0.3) is 0 Å². The molecule has 0 amide bonds. The van der Waals surface area contributed by atoms with Crippen LogP contribution in [-0.2, 0) is 12.8 Å². The standard InChI is InChI=1S/C18H23ClN2/c1-3-20-17(10-9-16-6-4-5-11-21-16)13-15-8-7-14(2)12-18(15)19/h4-8,11-12,17,20H,3,9-10,13H2,1-2H3. The number of benzene rings is 1. The Kier molecular flexibility index (Phi) is 6.21. The topological polar surface area (TPSA) is 24.9 Å². The van der Waals surface area contributed by atoms with Crippen LogP contribution in [-0.4, -0.2) is 17.6 Å². The summed E-state index contributed by atoms with van der Waals surface area (Å²) in [5.41, 5.74) is 3.57. The SMILES string of the molecule is CCNC(CCc1ccccn1)Cc1ccc(C)cc1Cl. The number of nitrogens with zero attached hydrogens (tertiary/aromatic N) is 1. The van der Waals surface area contributed by atoms with Gasteiger partial charge in [-0.05, 0) is 62.1 Å². The fraction of sp³-hybridized carbons (Fsp3) is 0.389. The smallest absolute Gasteiger partial charge is 0.0441 e. The summed E-state index contributed by atoms with van der Waals surface area (Å²) in [6.45, 7) is 5.18. The summed E-state index contributed by atoms with van der Waals surface area (Å²) in [5.74, 6) is 0. The molecule has 1 aromatic heterocycles. The number of likely N-dealkylation sites (N-methyl/N-ethyl adjacent to an activating group) is 1. The molecule has 0 radical (unpaired) electrons. The van der Waals surface area contributed by atoms with Gasteiger partial charge in [-0.1, -0.05) is 36.7 Å². The van der Waals surface area contributed by atoms with Crippen molar-refractivity contribution in [3.63, 3.8) is 0 Å². The van der Waals surface area contributed by atoms with Crippen molar-refractivity contribution in [1.82, 2.24) is 10.3 Å². The highest BCUT2D eigenvalue weighted by atomic mass is 35.5. The normalized spacial score (nSPS) is 12.3. The van der Waals surface area contributed by atoms with Crippen molar-refractivity contribution in [2.24, 2.45) is 0 Å². The first-order valence-corrected chi connectivity index (χ1v) is 7.95. The number of hydrogen-bond acceptors (Lipinski definition) is 2.